The summed E-state index contributed by atoms with van der Waals surface area (Å²) in [5, 5.41) is 3.43. The van der Waals surface area contributed by atoms with E-state index in [1.54, 1.807) is 0 Å². The van der Waals surface area contributed by atoms with Crippen LogP contribution in [0.3, 0.4) is 0 Å². The molecule has 0 aliphatic carbocycles. The van der Waals surface area contributed by atoms with Crippen LogP contribution in [0.15, 0.2) is 12.3 Å². The fourth-order valence-electron chi connectivity index (χ4n) is 2.93. The fraction of sp³-hybridized carbons (Fsp3) is 0.706. The molecule has 1 aromatic rings. The van der Waals surface area contributed by atoms with Gasteiger partial charge in [0.25, 0.3) is 0 Å². The molecule has 118 valence electrons. The summed E-state index contributed by atoms with van der Waals surface area (Å²) < 4.78 is 5.43. The predicted molar refractivity (Wildman–Crippen MR) is 87.8 cm³/mol. The lowest BCUT2D eigenvalue weighted by Crippen LogP contribution is -2.30. The zero-order valence-electron chi connectivity index (χ0n) is 13.7. The lowest BCUT2D eigenvalue weighted by Gasteiger charge is -2.28. The van der Waals surface area contributed by atoms with Crippen molar-refractivity contribution in [1.29, 1.82) is 0 Å². The third kappa shape index (κ3) is 4.97. The van der Waals surface area contributed by atoms with Crippen molar-refractivity contribution in [2.24, 2.45) is 5.92 Å². The molecule has 0 aromatic carbocycles. The van der Waals surface area contributed by atoms with E-state index in [9.17, 15) is 0 Å². The molecule has 0 spiro atoms. The smallest absolute Gasteiger partial charge is 0.131 e. The van der Waals surface area contributed by atoms with Crippen LogP contribution < -0.4 is 10.2 Å². The summed E-state index contributed by atoms with van der Waals surface area (Å²) in [6.45, 7) is 9.21. The maximum Gasteiger partial charge on any atom is 0.131 e. The van der Waals surface area contributed by atoms with E-state index in [4.69, 9.17) is 4.74 Å². The van der Waals surface area contributed by atoms with E-state index in [1.165, 1.54) is 30.4 Å². The monoisotopic (exact) mass is 291 g/mol. The van der Waals surface area contributed by atoms with Gasteiger partial charge < -0.3 is 15.0 Å². The van der Waals surface area contributed by atoms with Crippen molar-refractivity contribution in [2.45, 2.75) is 39.7 Å². The average molecular weight is 291 g/mol. The van der Waals surface area contributed by atoms with Crippen molar-refractivity contribution >= 4 is 5.82 Å². The number of ether oxygens (including phenoxy) is 1. The van der Waals surface area contributed by atoms with Crippen molar-refractivity contribution in [1.82, 2.24) is 10.3 Å². The van der Waals surface area contributed by atoms with Crippen LogP contribution in [0.2, 0.25) is 0 Å². The molecule has 4 nitrogen and oxygen atoms in total. The Kier molecular flexibility index (Phi) is 6.46. The topological polar surface area (TPSA) is 37.4 Å². The molecule has 1 N–H and O–H groups in total. The SMILES string of the molecule is CCCNCc1cnc(N(C)CC2CCOCC2)c(C)c1. The Hall–Kier alpha value is -1.13. The average Bonchev–Trinajstić information content (AvgIpc) is 2.48. The minimum atomic E-state index is 0.732. The largest absolute Gasteiger partial charge is 0.381 e. The zero-order chi connectivity index (χ0) is 15.1. The summed E-state index contributed by atoms with van der Waals surface area (Å²) >= 11 is 0. The summed E-state index contributed by atoms with van der Waals surface area (Å²) in [4.78, 5) is 6.98. The third-order valence-corrected chi connectivity index (χ3v) is 4.10. The normalized spacial score (nSPS) is 16.1. The summed E-state index contributed by atoms with van der Waals surface area (Å²) in [6, 6.07) is 2.26. The standard InChI is InChI=1S/C17H29N3O/c1-4-7-18-11-16-10-14(2)17(19-12-16)20(3)13-15-5-8-21-9-6-15/h10,12,15,18H,4-9,11,13H2,1-3H3. The Morgan fingerprint density at radius 2 is 2.14 bits per heavy atom. The number of nitrogens with one attached hydrogen (secondary N) is 1. The number of aryl methyl sites for hydroxylation is 1. The molecule has 0 atom stereocenters. The van der Waals surface area contributed by atoms with E-state index in [1.807, 2.05) is 6.20 Å². The molecule has 0 radical (unpaired) electrons. The quantitative estimate of drug-likeness (QED) is 0.784. The molecular formula is C17H29N3O. The Bertz CT molecular complexity index is 430. The first-order valence-corrected chi connectivity index (χ1v) is 8.15. The van der Waals surface area contributed by atoms with E-state index >= 15 is 0 Å². The summed E-state index contributed by atoms with van der Waals surface area (Å²) in [7, 11) is 2.15. The lowest BCUT2D eigenvalue weighted by molar-refractivity contribution is 0.0685. The minimum Gasteiger partial charge on any atom is -0.381 e. The molecule has 4 heteroatoms. The van der Waals surface area contributed by atoms with E-state index in [2.05, 4.69) is 42.2 Å². The maximum atomic E-state index is 5.43. The van der Waals surface area contributed by atoms with Crippen molar-refractivity contribution in [3.05, 3.63) is 23.4 Å². The molecule has 1 saturated heterocycles. The first-order chi connectivity index (χ1) is 10.2. The van der Waals surface area contributed by atoms with E-state index in [-0.39, 0.29) is 0 Å². The maximum absolute atomic E-state index is 5.43. The third-order valence-electron chi connectivity index (χ3n) is 4.10. The van der Waals surface area contributed by atoms with E-state index in [0.29, 0.717) is 0 Å². The predicted octanol–water partition coefficient (Wildman–Crippen LogP) is 2.75. The Balaban J connectivity index is 1.92. The first-order valence-electron chi connectivity index (χ1n) is 8.15. The minimum absolute atomic E-state index is 0.732. The molecule has 0 bridgehead atoms. The molecule has 1 aliphatic heterocycles. The molecule has 1 fully saturated rings. The number of pyridine rings is 1. The van der Waals surface area contributed by atoms with Crippen LogP contribution >= 0.6 is 0 Å². The van der Waals surface area contributed by atoms with Crippen LogP contribution in [0.4, 0.5) is 5.82 Å². The molecule has 21 heavy (non-hydrogen) atoms. The Labute approximate surface area is 128 Å². The van der Waals surface area contributed by atoms with Gasteiger partial charge in [0.1, 0.15) is 5.82 Å². The van der Waals surface area contributed by atoms with Crippen molar-refractivity contribution < 1.29 is 4.74 Å². The van der Waals surface area contributed by atoms with Gasteiger partial charge in [-0.25, -0.2) is 4.98 Å². The van der Waals surface area contributed by atoms with Gasteiger partial charge in [-0.2, -0.15) is 0 Å². The van der Waals surface area contributed by atoms with Gasteiger partial charge in [0, 0.05) is 39.5 Å². The molecule has 1 aliphatic rings. The van der Waals surface area contributed by atoms with Crippen molar-refractivity contribution in [3.8, 4) is 0 Å². The van der Waals surface area contributed by atoms with Gasteiger partial charge in [0.2, 0.25) is 0 Å². The number of hydrogen-bond donors (Lipinski definition) is 1. The molecule has 0 unspecified atom stereocenters. The van der Waals surface area contributed by atoms with Gasteiger partial charge in [-0.15, -0.1) is 0 Å². The molecule has 0 saturated carbocycles. The van der Waals surface area contributed by atoms with Crippen LogP contribution in [0.5, 0.6) is 0 Å². The van der Waals surface area contributed by atoms with Crippen LogP contribution in [-0.2, 0) is 11.3 Å². The van der Waals surface area contributed by atoms with Crippen molar-refractivity contribution in [2.75, 3.05) is 38.3 Å². The molecule has 1 aromatic heterocycles. The van der Waals surface area contributed by atoms with Gasteiger partial charge in [0.15, 0.2) is 0 Å². The van der Waals surface area contributed by atoms with Crippen molar-refractivity contribution in [3.63, 3.8) is 0 Å². The summed E-state index contributed by atoms with van der Waals surface area (Å²) in [5.74, 6) is 1.84. The Morgan fingerprint density at radius 3 is 2.81 bits per heavy atom. The highest BCUT2D eigenvalue weighted by molar-refractivity contribution is 5.46. The highest BCUT2D eigenvalue weighted by Gasteiger charge is 2.17. The van der Waals surface area contributed by atoms with Gasteiger partial charge in [0.05, 0.1) is 0 Å². The molecule has 2 heterocycles. The second-order valence-electron chi connectivity index (χ2n) is 6.10. The van der Waals surface area contributed by atoms with E-state index < -0.39 is 0 Å². The van der Waals surface area contributed by atoms with Gasteiger partial charge in [-0.3, -0.25) is 0 Å². The second-order valence-corrected chi connectivity index (χ2v) is 6.10. The fourth-order valence-corrected chi connectivity index (χ4v) is 2.93. The van der Waals surface area contributed by atoms with Gasteiger partial charge in [-0.1, -0.05) is 6.92 Å². The highest BCUT2D eigenvalue weighted by Crippen LogP contribution is 2.21. The van der Waals surface area contributed by atoms with Crippen LogP contribution in [0.25, 0.3) is 0 Å². The lowest BCUT2D eigenvalue weighted by atomic mass is 10.00. The number of aromatic nitrogens is 1. The van der Waals surface area contributed by atoms with E-state index in [0.717, 1.165) is 44.6 Å². The highest BCUT2D eigenvalue weighted by atomic mass is 16.5. The molecule has 0 amide bonds. The summed E-state index contributed by atoms with van der Waals surface area (Å²) in [6.07, 6.45) is 5.51. The number of nitrogens with zero attached hydrogens (tertiary/aromatic N) is 2. The molecule has 2 rings (SSSR count). The van der Waals surface area contributed by atoms with Gasteiger partial charge in [-0.05, 0) is 55.8 Å². The number of rotatable bonds is 7. The van der Waals surface area contributed by atoms with Crippen LogP contribution in [0, 0.1) is 12.8 Å². The molecular weight excluding hydrogens is 262 g/mol. The first kappa shape index (κ1) is 16.2. The number of hydrogen-bond acceptors (Lipinski definition) is 4. The van der Waals surface area contributed by atoms with Crippen LogP contribution in [-0.4, -0.2) is 38.3 Å². The van der Waals surface area contributed by atoms with Crippen LogP contribution in [0.1, 0.15) is 37.3 Å². The summed E-state index contributed by atoms with van der Waals surface area (Å²) in [5.41, 5.74) is 2.53. The second kappa shape index (κ2) is 8.35. The Morgan fingerprint density at radius 1 is 1.38 bits per heavy atom. The van der Waals surface area contributed by atoms with Gasteiger partial charge >= 0.3 is 0 Å². The zero-order valence-corrected chi connectivity index (χ0v) is 13.7. The number of anilines is 1.